The first-order valence-corrected chi connectivity index (χ1v) is 30.0. The number of benzene rings is 3. The number of nitrogens with zero attached hydrogens (tertiary/aromatic N) is 4. The van der Waals surface area contributed by atoms with Crippen LogP contribution in [-0.2, 0) is 0 Å². The largest absolute Gasteiger partial charge is 0.379 e. The summed E-state index contributed by atoms with van der Waals surface area (Å²) in [6.07, 6.45) is 1.62. The van der Waals surface area contributed by atoms with Crippen LogP contribution >= 0.6 is 72.5 Å². The molecule has 49 heavy (non-hydrogen) atoms. The molecule has 0 spiro atoms. The van der Waals surface area contributed by atoms with E-state index in [4.69, 9.17) is 27.3 Å². The van der Waals surface area contributed by atoms with Crippen molar-refractivity contribution in [2.45, 2.75) is 18.1 Å². The fourth-order valence-corrected chi connectivity index (χ4v) is 6.11. The Morgan fingerprint density at radius 1 is 0.735 bits per heavy atom. The molecule has 0 aromatic heterocycles. The molecule has 0 amide bonds. The normalized spacial score (nSPS) is 17.9. The molecule has 0 fully saturated rings. The Morgan fingerprint density at radius 2 is 0.939 bits per heavy atom. The second kappa shape index (κ2) is 31.0. The predicted octanol–water partition coefficient (Wildman–Crippen LogP) is 3.96. The van der Waals surface area contributed by atoms with Gasteiger partial charge in [-0.1, -0.05) is 133 Å². The van der Waals surface area contributed by atoms with Gasteiger partial charge in [-0.25, -0.2) is 0 Å². The molecule has 0 aliphatic carbocycles. The summed E-state index contributed by atoms with van der Waals surface area (Å²) in [6, 6.07) is 31.6. The van der Waals surface area contributed by atoms with Gasteiger partial charge in [0.15, 0.2) is 22.6 Å². The van der Waals surface area contributed by atoms with Crippen LogP contribution in [-0.4, -0.2) is 58.8 Å². The average molecular weight is 1060 g/mol. The number of nitrogens with two attached hydrogens (primary N) is 4. The number of nitrogens with one attached hydrogen (secondary N) is 1. The first kappa shape index (κ1) is 47.2. The standard InChI is InChI=1S/3C9H10N2S.C3H7N.CH3NO2.CH5N.I3/c3*10-9-11-8(6-12-9)7-4-2-1-3-5-7;1-3-4-2;1-2(3)4;1-2;1-3-2/h3*1-5,8H,6H2,(H2,10,11);3-4H,1H2,2H3;1H3;2H2,1H3;/q;;;;;;-1. The number of hydrogen-bond donors (Lipinski definition) is 5. The fourth-order valence-electron chi connectivity index (χ4n) is 3.72. The Labute approximate surface area is 333 Å². The number of rotatable bonds is 4. The van der Waals surface area contributed by atoms with E-state index < -0.39 is 4.92 Å². The summed E-state index contributed by atoms with van der Waals surface area (Å²) in [5, 5.41) is 13.6. The topological polar surface area (TPSA) is 196 Å². The molecule has 3 aliphatic rings. The van der Waals surface area contributed by atoms with Gasteiger partial charge in [-0.2, -0.15) is 0 Å². The maximum Gasteiger partial charge on any atom is 0.154 e. The molecular weight excluding hydrogens is 1020 g/mol. The van der Waals surface area contributed by atoms with Crippen LogP contribution in [0.3, 0.4) is 0 Å². The Kier molecular flexibility index (Phi) is 29.9. The Balaban J connectivity index is 0.000000601. The predicted molar refractivity (Wildman–Crippen MR) is 230 cm³/mol. The number of aliphatic imine (C=N–C) groups is 3. The molecule has 3 heterocycles. The second-order valence-electron chi connectivity index (χ2n) is 9.10. The molecule has 3 aromatic rings. The maximum absolute atomic E-state index is 8.81. The van der Waals surface area contributed by atoms with Crippen molar-refractivity contribution in [3.63, 3.8) is 0 Å². The van der Waals surface area contributed by atoms with Gasteiger partial charge in [0.2, 0.25) is 0 Å². The van der Waals surface area contributed by atoms with Crippen LogP contribution in [0.2, 0.25) is 0 Å². The minimum absolute atomic E-state index is 0.274. The molecule has 0 bridgehead atoms. The first-order valence-electron chi connectivity index (χ1n) is 14.5. The minimum Gasteiger partial charge on any atom is -0.379 e. The van der Waals surface area contributed by atoms with Gasteiger partial charge in [-0.05, 0) is 29.9 Å². The van der Waals surface area contributed by atoms with E-state index in [0.717, 1.165) is 24.3 Å². The van der Waals surface area contributed by atoms with E-state index in [2.05, 4.69) is 106 Å². The molecule has 3 aromatic carbocycles. The van der Waals surface area contributed by atoms with Crippen LogP contribution in [0.15, 0.2) is 119 Å². The Hall–Kier alpha value is -1.79. The van der Waals surface area contributed by atoms with Gasteiger partial charge >= 0.3 is 50.5 Å². The van der Waals surface area contributed by atoms with E-state index >= 15 is 0 Å². The molecule has 0 radical (unpaired) electrons. The van der Waals surface area contributed by atoms with Crippen molar-refractivity contribution < 1.29 is 18.2 Å². The second-order valence-corrected chi connectivity index (χ2v) is 28.5. The minimum atomic E-state index is -0.500. The molecule has 6 rings (SSSR count). The summed E-state index contributed by atoms with van der Waals surface area (Å²) in [6.45, 7) is 3.37. The monoisotopic (exact) mass is 1060 g/mol. The molecule has 11 nitrogen and oxygen atoms in total. The van der Waals surface area contributed by atoms with Crippen LogP contribution in [0.4, 0.5) is 0 Å². The van der Waals surface area contributed by atoms with Crippen molar-refractivity contribution in [2.75, 3.05) is 38.4 Å². The Morgan fingerprint density at radius 3 is 1.08 bits per heavy atom. The fraction of sp³-hybridized carbons (Fsp3) is 0.281. The van der Waals surface area contributed by atoms with Gasteiger partial charge < -0.3 is 28.3 Å². The van der Waals surface area contributed by atoms with Crippen LogP contribution in [0.5, 0.6) is 0 Å². The third-order valence-electron chi connectivity index (χ3n) is 5.77. The van der Waals surface area contributed by atoms with Gasteiger partial charge in [0.05, 0.1) is 18.1 Å². The first-order chi connectivity index (χ1) is 23.6. The van der Waals surface area contributed by atoms with E-state index in [1.807, 2.05) is 61.6 Å². The van der Waals surface area contributed by atoms with Gasteiger partial charge in [0, 0.05) is 29.2 Å². The van der Waals surface area contributed by atoms with E-state index in [1.54, 1.807) is 41.5 Å². The van der Waals surface area contributed by atoms with Crippen LogP contribution < -0.4 is 41.5 Å². The summed E-state index contributed by atoms with van der Waals surface area (Å²) in [7, 11) is 4.20. The third-order valence-corrected chi connectivity index (χ3v) is 8.42. The Bertz CT molecular complexity index is 1240. The zero-order chi connectivity index (χ0) is 36.9. The van der Waals surface area contributed by atoms with E-state index in [9.17, 15) is 0 Å². The molecule has 0 saturated carbocycles. The van der Waals surface area contributed by atoms with E-state index in [-0.39, 0.29) is 18.1 Å². The summed E-state index contributed by atoms with van der Waals surface area (Å²) < 4.78 is 0. The quantitative estimate of drug-likeness (QED) is 0.145. The average Bonchev–Trinajstić information content (AvgIpc) is 3.89. The van der Waals surface area contributed by atoms with Crippen LogP contribution in [0, 0.1) is 10.1 Å². The molecule has 9 N–H and O–H groups in total. The van der Waals surface area contributed by atoms with Crippen molar-refractivity contribution in [3.8, 4) is 0 Å². The zero-order valence-corrected chi connectivity index (χ0v) is 36.5. The molecule has 270 valence electrons. The van der Waals surface area contributed by atoms with Crippen LogP contribution in [0.25, 0.3) is 0 Å². The molecule has 0 saturated heterocycles. The van der Waals surface area contributed by atoms with Gasteiger partial charge in [-0.15, -0.1) is 0 Å². The maximum atomic E-state index is 8.81. The van der Waals surface area contributed by atoms with Crippen molar-refractivity contribution in [1.29, 1.82) is 0 Å². The zero-order valence-electron chi connectivity index (χ0n) is 27.6. The van der Waals surface area contributed by atoms with Crippen molar-refractivity contribution in [1.82, 2.24) is 5.32 Å². The molecule has 17 heteroatoms. The molecule has 3 unspecified atom stereocenters. The third kappa shape index (κ3) is 23.3. The number of thioether (sulfide) groups is 3. The van der Waals surface area contributed by atoms with Crippen LogP contribution in [0.1, 0.15) is 34.8 Å². The smallest absolute Gasteiger partial charge is 0.154 e. The van der Waals surface area contributed by atoms with E-state index in [1.165, 1.54) is 23.7 Å². The number of nitro groups is 1. The van der Waals surface area contributed by atoms with Gasteiger partial charge in [-0.3, -0.25) is 25.1 Å². The summed E-state index contributed by atoms with van der Waals surface area (Å²) in [4.78, 5) is 21.3. The van der Waals surface area contributed by atoms with Gasteiger partial charge in [0.1, 0.15) is 0 Å². The number of amidine groups is 3. The van der Waals surface area contributed by atoms with Gasteiger partial charge in [0.25, 0.3) is 0 Å². The molecular formula is C32H45I3N9O2S3-. The molecule has 3 aliphatic heterocycles. The van der Waals surface area contributed by atoms with E-state index in [0.29, 0.717) is 28.8 Å². The summed E-state index contributed by atoms with van der Waals surface area (Å²) in [5.74, 6) is 2.95. The van der Waals surface area contributed by atoms with Crippen molar-refractivity contribution in [2.24, 2.45) is 37.9 Å². The van der Waals surface area contributed by atoms with Crippen molar-refractivity contribution >= 4 is 88.0 Å². The number of hydrogen-bond acceptors (Lipinski definition) is 13. The summed E-state index contributed by atoms with van der Waals surface area (Å²) >= 11 is 10.2. The number of halogens is 3. The molecule has 3 atom stereocenters. The SMILES string of the molecule is C=CNC.CN.C[N+](=O)[O-].I[I-]I.NC1=NC(c2ccccc2)CS1.NC1=NC(c2ccccc2)CS1.NC1=NC(c2ccccc2)CS1. The summed E-state index contributed by atoms with van der Waals surface area (Å²) in [5.41, 5.74) is 25.0. The van der Waals surface area contributed by atoms with Crippen molar-refractivity contribution in [3.05, 3.63) is 131 Å².